The summed E-state index contributed by atoms with van der Waals surface area (Å²) in [7, 11) is -11.2. The molecule has 0 fully saturated rings. The van der Waals surface area contributed by atoms with Crippen LogP contribution in [0, 0.1) is 0 Å². The Labute approximate surface area is 257 Å². The molecule has 2 unspecified atom stereocenters. The summed E-state index contributed by atoms with van der Waals surface area (Å²) in [6.07, 6.45) is 0.261. The predicted octanol–water partition coefficient (Wildman–Crippen LogP) is -5.11. The van der Waals surface area contributed by atoms with Crippen LogP contribution in [-0.2, 0) is 23.5 Å². The molecule has 0 rings (SSSR count). The molecule has 1 amide bonds. The minimum absolute atomic E-state index is 0. The van der Waals surface area contributed by atoms with Crippen LogP contribution in [0.2, 0.25) is 0 Å². The average Bonchev–Trinajstić information content (AvgIpc) is 2.74. The summed E-state index contributed by atoms with van der Waals surface area (Å²) in [5, 5.41) is 19.3. The number of esters is 1. The summed E-state index contributed by atoms with van der Waals surface area (Å²) in [6.45, 7) is 0.124. The molecule has 0 aliphatic carbocycles. The van der Waals surface area contributed by atoms with Crippen LogP contribution in [0.5, 0.6) is 0 Å². The first-order valence-electron chi connectivity index (χ1n) is 10.6. The molecule has 0 saturated heterocycles. The van der Waals surface area contributed by atoms with Gasteiger partial charge in [0.2, 0.25) is 5.91 Å². The summed E-state index contributed by atoms with van der Waals surface area (Å²) in [5.41, 5.74) is 10.6. The van der Waals surface area contributed by atoms with E-state index in [0.717, 1.165) is 0 Å². The third kappa shape index (κ3) is 18.7. The fourth-order valence-corrected chi connectivity index (χ4v) is 4.25. The molecule has 0 radical (unpaired) electrons. The summed E-state index contributed by atoms with van der Waals surface area (Å²) >= 11 is 0. The minimum atomic E-state index is -5.61. The fraction of sp³-hybridized carbons (Fsp3) is 0.875. The molecule has 0 spiro atoms. The van der Waals surface area contributed by atoms with Crippen molar-refractivity contribution >= 4 is 27.1 Å². The van der Waals surface area contributed by atoms with Crippen LogP contribution in [0.3, 0.4) is 0 Å². The molecule has 0 heterocycles. The zero-order valence-electron chi connectivity index (χ0n) is 20.8. The molecule has 0 aliphatic heterocycles. The quantitative estimate of drug-likeness (QED) is 0.0163. The van der Waals surface area contributed by atoms with Crippen LogP contribution >= 0.6 is 15.2 Å². The number of unbranched alkanes of at least 4 members (excludes halogenated alkanes) is 3. The van der Waals surface area contributed by atoms with E-state index in [4.69, 9.17) is 11.1 Å². The van der Waals surface area contributed by atoms with Gasteiger partial charge in [0.25, 0.3) is 0 Å². The van der Waals surface area contributed by atoms with Crippen LogP contribution in [0.25, 0.3) is 20.9 Å². The molecule has 2 atom stereocenters. The van der Waals surface area contributed by atoms with Crippen molar-refractivity contribution in [1.29, 1.82) is 0 Å². The number of carbonyl (C=O) groups excluding carboxylic acids is 2. The number of carbonyl (C=O) groups is 2. The van der Waals surface area contributed by atoms with E-state index in [9.17, 15) is 43.4 Å². The van der Waals surface area contributed by atoms with Gasteiger partial charge in [0, 0.05) is 42.3 Å². The van der Waals surface area contributed by atoms with Crippen molar-refractivity contribution < 1.29 is 107 Å². The Balaban J connectivity index is -0.00000578. The second-order valence-corrected chi connectivity index (χ2v) is 10.9. The number of hydrogen-bond donors (Lipinski definition) is 4. The second-order valence-electron chi connectivity index (χ2n) is 7.43. The van der Waals surface area contributed by atoms with E-state index in [-0.39, 0.29) is 104 Å². The molecule has 0 aromatic heterocycles. The monoisotopic (exact) mass is 587 g/mol. The van der Waals surface area contributed by atoms with Crippen molar-refractivity contribution in [3.05, 3.63) is 20.9 Å². The van der Waals surface area contributed by atoms with Crippen molar-refractivity contribution in [1.82, 2.24) is 5.32 Å². The third-order valence-corrected chi connectivity index (χ3v) is 7.11. The standard InChI is InChI=1S/C16H31N7O10P2.2Na/c17-22-20-11-4-1-2-8-14(24)19-10-6-9-16(26,35(30,31)32)33-15(25)13(34(27,28)29)7-3-5-12-21-23-18;;/h13,26H,1-12H2,(H,19,24)(H2,27,28,29)(H2,30,31,32);;/q;2*+1/p-2. The van der Waals surface area contributed by atoms with Crippen molar-refractivity contribution in [2.24, 2.45) is 10.2 Å². The van der Waals surface area contributed by atoms with Gasteiger partial charge in [-0.3, -0.25) is 14.2 Å². The van der Waals surface area contributed by atoms with Crippen molar-refractivity contribution in [2.75, 3.05) is 19.6 Å². The number of azide groups is 2. The Morgan fingerprint density at radius 3 is 2.00 bits per heavy atom. The zero-order chi connectivity index (χ0) is 27.0. The van der Waals surface area contributed by atoms with E-state index in [0.29, 0.717) is 25.8 Å². The Hall–Kier alpha value is -0.180. The van der Waals surface area contributed by atoms with E-state index >= 15 is 0 Å². The van der Waals surface area contributed by atoms with Gasteiger partial charge >= 0.3 is 78.2 Å². The summed E-state index contributed by atoms with van der Waals surface area (Å²) in [6, 6.07) is 0. The largest absolute Gasteiger partial charge is 1.00 e. The molecule has 4 N–H and O–H groups in total. The topological polar surface area (TPSA) is 294 Å². The van der Waals surface area contributed by atoms with Crippen LogP contribution in [0.1, 0.15) is 57.8 Å². The molecule has 0 bridgehead atoms. The van der Waals surface area contributed by atoms with Crippen molar-refractivity contribution in [2.45, 2.75) is 69.0 Å². The van der Waals surface area contributed by atoms with Crippen molar-refractivity contribution in [3.8, 4) is 0 Å². The number of nitrogens with zero attached hydrogens (tertiary/aromatic N) is 6. The van der Waals surface area contributed by atoms with Gasteiger partial charge in [-0.15, -0.1) is 0 Å². The van der Waals surface area contributed by atoms with Gasteiger partial charge < -0.3 is 39.3 Å². The molecular formula is C16H29N7Na2O10P2. The second kappa shape index (κ2) is 21.6. The van der Waals surface area contributed by atoms with E-state index in [1.807, 2.05) is 0 Å². The van der Waals surface area contributed by atoms with Gasteiger partial charge in [0.05, 0.1) is 5.66 Å². The Bertz CT molecular complexity index is 893. The molecular weight excluding hydrogens is 558 g/mol. The number of aliphatic hydroxyl groups is 1. The molecule has 0 aromatic carbocycles. The average molecular weight is 587 g/mol. The van der Waals surface area contributed by atoms with E-state index < -0.39 is 45.2 Å². The first-order valence-corrected chi connectivity index (χ1v) is 13.8. The minimum Gasteiger partial charge on any atom is -0.810 e. The molecule has 0 saturated carbocycles. The van der Waals surface area contributed by atoms with Gasteiger partial charge in [-0.05, 0) is 43.2 Å². The number of ether oxygens (including phenoxy) is 1. The first kappa shape index (κ1) is 41.3. The first-order chi connectivity index (χ1) is 16.3. The van der Waals surface area contributed by atoms with Gasteiger partial charge in [0.1, 0.15) is 0 Å². The van der Waals surface area contributed by atoms with E-state index in [1.54, 1.807) is 0 Å². The molecule has 37 heavy (non-hydrogen) atoms. The molecule has 0 aromatic rings. The zero-order valence-corrected chi connectivity index (χ0v) is 26.6. The van der Waals surface area contributed by atoms with Gasteiger partial charge in [-0.1, -0.05) is 30.7 Å². The van der Waals surface area contributed by atoms with Crippen LogP contribution in [0.15, 0.2) is 10.2 Å². The molecule has 0 aliphatic rings. The Morgan fingerprint density at radius 1 is 0.973 bits per heavy atom. The van der Waals surface area contributed by atoms with Crippen LogP contribution in [0.4, 0.5) is 0 Å². The van der Waals surface area contributed by atoms with E-state index in [1.165, 1.54) is 0 Å². The Kier molecular flexibility index (Phi) is 24.1. The maximum atomic E-state index is 12.2. The summed E-state index contributed by atoms with van der Waals surface area (Å²) < 4.78 is 27.7. The number of nitrogens with one attached hydrogen (secondary N) is 1. The van der Waals surface area contributed by atoms with Crippen LogP contribution in [-0.4, -0.2) is 57.6 Å². The summed E-state index contributed by atoms with van der Waals surface area (Å²) in [5.74, 6) is -2.21. The maximum Gasteiger partial charge on any atom is 1.00 e. The maximum absolute atomic E-state index is 12.2. The number of hydrogen-bond acceptors (Lipinski definition) is 10. The van der Waals surface area contributed by atoms with Crippen LogP contribution < -0.4 is 74.2 Å². The molecule has 21 heteroatoms. The number of amides is 1. The molecule has 200 valence electrons. The van der Waals surface area contributed by atoms with Gasteiger partial charge in [-0.2, -0.15) is 0 Å². The fourth-order valence-electron chi connectivity index (χ4n) is 2.78. The summed E-state index contributed by atoms with van der Waals surface area (Å²) in [4.78, 5) is 70.9. The van der Waals surface area contributed by atoms with Gasteiger partial charge in [-0.25, -0.2) is 0 Å². The van der Waals surface area contributed by atoms with Gasteiger partial charge in [0.15, 0.2) is 0 Å². The number of rotatable bonds is 19. The Morgan fingerprint density at radius 2 is 1.51 bits per heavy atom. The third-order valence-electron chi connectivity index (χ3n) is 4.65. The van der Waals surface area contributed by atoms with Crippen molar-refractivity contribution in [3.63, 3.8) is 0 Å². The molecule has 17 nitrogen and oxygen atoms in total. The normalized spacial score (nSPS) is 13.3. The van der Waals surface area contributed by atoms with E-state index in [2.05, 4.69) is 30.1 Å². The smallest absolute Gasteiger partial charge is 0.810 e. The predicted molar refractivity (Wildman–Crippen MR) is 117 cm³/mol. The SMILES string of the molecule is [N-]=[N+]=NCCCCCC(=O)NCCCC(O)(OC(=O)C(CCCCN=[N+]=[N-])P(=O)([O-])[O-])P(=O)(O)O.[Na+].[Na+].